The highest BCUT2D eigenvalue weighted by Gasteiger charge is 2.39. The van der Waals surface area contributed by atoms with Crippen LogP contribution in [-0.4, -0.2) is 16.7 Å². The van der Waals surface area contributed by atoms with Gasteiger partial charge in [-0.3, -0.25) is 14.5 Å². The average Bonchev–Trinajstić information content (AvgIpc) is 2.96. The second-order valence-electron chi connectivity index (χ2n) is 7.13. The molecule has 3 aromatic rings. The van der Waals surface area contributed by atoms with Gasteiger partial charge in [0.25, 0.3) is 11.8 Å². The van der Waals surface area contributed by atoms with Gasteiger partial charge in [0.2, 0.25) is 0 Å². The Kier molecular flexibility index (Phi) is 5.81. The Morgan fingerprint density at radius 2 is 1.58 bits per heavy atom. The fourth-order valence-corrected chi connectivity index (χ4v) is 3.77. The Balaban J connectivity index is 1.77. The van der Waals surface area contributed by atoms with Crippen molar-refractivity contribution in [3.63, 3.8) is 0 Å². The van der Waals surface area contributed by atoms with Crippen molar-refractivity contribution in [1.29, 1.82) is 0 Å². The summed E-state index contributed by atoms with van der Waals surface area (Å²) < 4.78 is 14.2. The van der Waals surface area contributed by atoms with Crippen LogP contribution in [-0.2, 0) is 16.1 Å². The summed E-state index contributed by atoms with van der Waals surface area (Å²) in [5.41, 5.74) is 2.56. The number of aryl methyl sites for hydroxylation is 1. The molecule has 1 aliphatic rings. The van der Waals surface area contributed by atoms with Crippen LogP contribution in [0.4, 0.5) is 10.1 Å². The smallest absolute Gasteiger partial charge is 0.278 e. The van der Waals surface area contributed by atoms with Crippen molar-refractivity contribution in [2.75, 3.05) is 5.32 Å². The van der Waals surface area contributed by atoms with Crippen molar-refractivity contribution in [2.24, 2.45) is 0 Å². The molecule has 0 unspecified atom stereocenters. The zero-order valence-corrected chi connectivity index (χ0v) is 18.0. The van der Waals surface area contributed by atoms with E-state index in [0.29, 0.717) is 21.3 Å². The first-order chi connectivity index (χ1) is 14.8. The number of anilines is 1. The second-order valence-corrected chi connectivity index (χ2v) is 8.00. The zero-order chi connectivity index (χ0) is 22.1. The van der Waals surface area contributed by atoms with Crippen molar-refractivity contribution < 1.29 is 14.0 Å². The van der Waals surface area contributed by atoms with E-state index in [1.54, 1.807) is 60.7 Å². The minimum Gasteiger partial charge on any atom is -0.350 e. The number of imide groups is 1. The maximum Gasteiger partial charge on any atom is 0.278 e. The first-order valence-corrected chi connectivity index (χ1v) is 10.2. The van der Waals surface area contributed by atoms with Gasteiger partial charge in [-0.2, -0.15) is 0 Å². The first-order valence-electron chi connectivity index (χ1n) is 9.48. The molecule has 7 heteroatoms. The molecular formula is C24H17Cl2FN2O2. The summed E-state index contributed by atoms with van der Waals surface area (Å²) in [6.07, 6.45) is 0. The molecule has 0 fully saturated rings. The first kappa shape index (κ1) is 21.1. The molecule has 0 saturated carbocycles. The number of nitrogens with zero attached hydrogens (tertiary/aromatic N) is 1. The lowest BCUT2D eigenvalue weighted by Crippen LogP contribution is -2.32. The quantitative estimate of drug-likeness (QED) is 0.493. The molecule has 0 radical (unpaired) electrons. The molecule has 0 saturated heterocycles. The molecule has 0 aromatic heterocycles. The molecular weight excluding hydrogens is 438 g/mol. The van der Waals surface area contributed by atoms with E-state index in [1.807, 2.05) is 6.92 Å². The van der Waals surface area contributed by atoms with Gasteiger partial charge >= 0.3 is 0 Å². The van der Waals surface area contributed by atoms with Gasteiger partial charge in [-0.25, -0.2) is 4.39 Å². The molecule has 1 aliphatic heterocycles. The van der Waals surface area contributed by atoms with Gasteiger partial charge < -0.3 is 5.32 Å². The molecule has 0 aliphatic carbocycles. The van der Waals surface area contributed by atoms with Gasteiger partial charge in [-0.1, -0.05) is 53.5 Å². The summed E-state index contributed by atoms with van der Waals surface area (Å²) >= 11 is 12.0. The van der Waals surface area contributed by atoms with Gasteiger partial charge in [0.15, 0.2) is 0 Å². The SMILES string of the molecule is Cc1cc(Cl)ccc1NC1=C(c2ccc(Cl)cc2)C(=O)N(Cc2ccccc2F)C1=O. The monoisotopic (exact) mass is 454 g/mol. The number of amides is 2. The normalized spacial score (nSPS) is 13.9. The van der Waals surface area contributed by atoms with Crippen LogP contribution >= 0.6 is 23.2 Å². The van der Waals surface area contributed by atoms with E-state index >= 15 is 0 Å². The lowest BCUT2D eigenvalue weighted by Gasteiger charge is -2.16. The standard InChI is InChI=1S/C24H17Cl2FN2O2/c1-14-12-18(26)10-11-20(14)28-22-21(15-6-8-17(25)9-7-15)23(30)29(24(22)31)13-16-4-2-3-5-19(16)27/h2-12,28H,13H2,1H3. The Bertz CT molecular complexity index is 1220. The predicted molar refractivity (Wildman–Crippen MR) is 120 cm³/mol. The molecule has 4 rings (SSSR count). The van der Waals surface area contributed by atoms with Gasteiger partial charge in [0.1, 0.15) is 11.5 Å². The highest BCUT2D eigenvalue weighted by atomic mass is 35.5. The topological polar surface area (TPSA) is 49.4 Å². The van der Waals surface area contributed by atoms with Crippen LogP contribution in [0, 0.1) is 12.7 Å². The summed E-state index contributed by atoms with van der Waals surface area (Å²) in [4.78, 5) is 27.6. The molecule has 0 atom stereocenters. The van der Waals surface area contributed by atoms with Crippen molar-refractivity contribution in [3.8, 4) is 0 Å². The van der Waals surface area contributed by atoms with E-state index in [1.165, 1.54) is 6.07 Å². The van der Waals surface area contributed by atoms with Crippen LogP contribution in [0.2, 0.25) is 10.0 Å². The largest absolute Gasteiger partial charge is 0.350 e. The van der Waals surface area contributed by atoms with Gasteiger partial charge in [-0.15, -0.1) is 0 Å². The minimum absolute atomic E-state index is 0.120. The number of halogens is 3. The number of carbonyl (C=O) groups is 2. The zero-order valence-electron chi connectivity index (χ0n) is 16.5. The Labute approximate surface area is 188 Å². The van der Waals surface area contributed by atoms with Crippen LogP contribution in [0.5, 0.6) is 0 Å². The second kappa shape index (κ2) is 8.53. The number of carbonyl (C=O) groups excluding carboxylic acids is 2. The molecule has 0 bridgehead atoms. The van der Waals surface area contributed by atoms with Gasteiger partial charge in [-0.05, 0) is 54.4 Å². The lowest BCUT2D eigenvalue weighted by atomic mass is 10.0. The number of hydrogen-bond acceptors (Lipinski definition) is 3. The van der Waals surface area contributed by atoms with Crippen molar-refractivity contribution in [2.45, 2.75) is 13.5 Å². The number of rotatable bonds is 5. The van der Waals surface area contributed by atoms with E-state index in [0.717, 1.165) is 10.5 Å². The van der Waals surface area contributed by atoms with E-state index in [9.17, 15) is 14.0 Å². The third-order valence-electron chi connectivity index (χ3n) is 5.04. The van der Waals surface area contributed by atoms with E-state index in [2.05, 4.69) is 5.32 Å². The van der Waals surface area contributed by atoms with Crippen molar-refractivity contribution in [3.05, 3.63) is 105 Å². The average molecular weight is 455 g/mol. The molecule has 0 spiro atoms. The van der Waals surface area contributed by atoms with Crippen molar-refractivity contribution >= 4 is 46.3 Å². The van der Waals surface area contributed by atoms with Crippen LogP contribution < -0.4 is 5.32 Å². The Hall–Kier alpha value is -3.15. The minimum atomic E-state index is -0.535. The molecule has 4 nitrogen and oxygen atoms in total. The van der Waals surface area contributed by atoms with Gasteiger partial charge in [0, 0.05) is 21.3 Å². The molecule has 3 aromatic carbocycles. The summed E-state index contributed by atoms with van der Waals surface area (Å²) in [7, 11) is 0. The summed E-state index contributed by atoms with van der Waals surface area (Å²) in [5, 5.41) is 4.16. The number of hydrogen-bond donors (Lipinski definition) is 1. The van der Waals surface area contributed by atoms with E-state index in [-0.39, 0.29) is 23.4 Å². The number of nitrogens with one attached hydrogen (secondary N) is 1. The molecule has 1 heterocycles. The molecule has 156 valence electrons. The van der Waals surface area contributed by atoms with Gasteiger partial charge in [0.05, 0.1) is 12.1 Å². The molecule has 2 amide bonds. The third-order valence-corrected chi connectivity index (χ3v) is 5.52. The molecule has 1 N–H and O–H groups in total. The summed E-state index contributed by atoms with van der Waals surface area (Å²) in [6.45, 7) is 1.67. The highest BCUT2D eigenvalue weighted by molar-refractivity contribution is 6.37. The number of benzene rings is 3. The fourth-order valence-electron chi connectivity index (χ4n) is 3.42. The van der Waals surface area contributed by atoms with Crippen LogP contribution in [0.1, 0.15) is 16.7 Å². The fraction of sp³-hybridized carbons (Fsp3) is 0.0833. The summed E-state index contributed by atoms with van der Waals surface area (Å²) in [6, 6.07) is 17.9. The Morgan fingerprint density at radius 1 is 0.903 bits per heavy atom. The van der Waals surface area contributed by atoms with Crippen LogP contribution in [0.15, 0.2) is 72.4 Å². The van der Waals surface area contributed by atoms with Crippen molar-refractivity contribution in [1.82, 2.24) is 4.90 Å². The lowest BCUT2D eigenvalue weighted by molar-refractivity contribution is -0.137. The summed E-state index contributed by atoms with van der Waals surface area (Å²) in [5.74, 6) is -1.52. The molecule has 31 heavy (non-hydrogen) atoms. The third kappa shape index (κ3) is 4.20. The van der Waals surface area contributed by atoms with Crippen LogP contribution in [0.3, 0.4) is 0 Å². The van der Waals surface area contributed by atoms with E-state index in [4.69, 9.17) is 23.2 Å². The predicted octanol–water partition coefficient (Wildman–Crippen LogP) is 5.83. The Morgan fingerprint density at radius 3 is 2.26 bits per heavy atom. The maximum atomic E-state index is 14.2. The van der Waals surface area contributed by atoms with Crippen LogP contribution in [0.25, 0.3) is 5.57 Å². The van der Waals surface area contributed by atoms with E-state index < -0.39 is 17.6 Å². The maximum absolute atomic E-state index is 14.2. The highest BCUT2D eigenvalue weighted by Crippen LogP contribution is 2.33.